The zero-order valence-corrected chi connectivity index (χ0v) is 16.4. The fourth-order valence-corrected chi connectivity index (χ4v) is 5.11. The number of alkyl halides is 3. The van der Waals surface area contributed by atoms with Crippen LogP contribution in [0.3, 0.4) is 0 Å². The third-order valence-electron chi connectivity index (χ3n) is 5.15. The molecule has 0 amide bonds. The number of rotatable bonds is 6. The Balaban J connectivity index is 1.50. The molecule has 2 aliphatic rings. The van der Waals surface area contributed by atoms with E-state index in [1.54, 1.807) is 24.3 Å². The molecule has 0 aliphatic carbocycles. The van der Waals surface area contributed by atoms with Gasteiger partial charge in [0.05, 0.1) is 11.6 Å². The predicted octanol–water partition coefficient (Wildman–Crippen LogP) is 1.40. The smallest absolute Gasteiger partial charge is 0.491 e. The van der Waals surface area contributed by atoms with Crippen LogP contribution in [-0.2, 0) is 10.0 Å². The predicted molar refractivity (Wildman–Crippen MR) is 97.2 cm³/mol. The molecule has 2 saturated heterocycles. The van der Waals surface area contributed by atoms with Gasteiger partial charge < -0.3 is 9.84 Å². The molecule has 0 saturated carbocycles. The van der Waals surface area contributed by atoms with Crippen molar-refractivity contribution < 1.29 is 31.4 Å². The van der Waals surface area contributed by atoms with Crippen molar-refractivity contribution in [3.05, 3.63) is 29.8 Å². The average Bonchev–Trinajstić information content (AvgIpc) is 2.65. The van der Waals surface area contributed by atoms with Gasteiger partial charge in [-0.3, -0.25) is 4.90 Å². The zero-order valence-electron chi connectivity index (χ0n) is 15.5. The Morgan fingerprint density at radius 1 is 1.17 bits per heavy atom. The molecule has 2 bridgehead atoms. The quantitative estimate of drug-likeness (QED) is 0.729. The largest absolute Gasteiger partial charge is 0.511 e. The standard InChI is InChI=1S/C18H22F3N3O4S/c19-18(20,21)29(26,27)24-9-14-5-15(10-24)8-23(7-14)11-16(25)12-28-17-3-1-13(6-22)2-4-17/h1-4,14-16,25H,5,7-12H2. The number of halogens is 3. The average molecular weight is 433 g/mol. The van der Waals surface area contributed by atoms with Crippen molar-refractivity contribution in [2.45, 2.75) is 18.0 Å². The Morgan fingerprint density at radius 2 is 1.76 bits per heavy atom. The van der Waals surface area contributed by atoms with Crippen molar-refractivity contribution >= 4 is 10.0 Å². The van der Waals surface area contributed by atoms with Gasteiger partial charge in [-0.2, -0.15) is 22.7 Å². The number of fused-ring (bicyclic) bond motifs is 2. The number of hydrogen-bond donors (Lipinski definition) is 1. The molecular formula is C18H22F3N3O4S. The van der Waals surface area contributed by atoms with Crippen LogP contribution in [0.15, 0.2) is 24.3 Å². The van der Waals surface area contributed by atoms with Crippen molar-refractivity contribution in [1.82, 2.24) is 9.21 Å². The van der Waals surface area contributed by atoms with Crippen LogP contribution in [0.25, 0.3) is 0 Å². The van der Waals surface area contributed by atoms with Crippen LogP contribution in [0.2, 0.25) is 0 Å². The first-order valence-electron chi connectivity index (χ1n) is 9.18. The highest BCUT2D eigenvalue weighted by molar-refractivity contribution is 7.90. The van der Waals surface area contributed by atoms with E-state index in [-0.39, 0.29) is 38.1 Å². The lowest BCUT2D eigenvalue weighted by Gasteiger charge is -2.45. The third kappa shape index (κ3) is 5.19. The Labute approximate surface area is 167 Å². The van der Waals surface area contributed by atoms with Gasteiger partial charge in [-0.1, -0.05) is 0 Å². The minimum Gasteiger partial charge on any atom is -0.491 e. The summed E-state index contributed by atoms with van der Waals surface area (Å²) in [6.45, 7) is 0.851. The van der Waals surface area contributed by atoms with Gasteiger partial charge in [-0.25, -0.2) is 8.42 Å². The van der Waals surface area contributed by atoms with Crippen LogP contribution in [0.1, 0.15) is 12.0 Å². The number of β-amino-alcohol motifs (C(OH)–C–C–N with tert-alkyl or cyclic N) is 1. The molecule has 0 spiro atoms. The molecule has 2 heterocycles. The highest BCUT2D eigenvalue weighted by Gasteiger charge is 2.52. The summed E-state index contributed by atoms with van der Waals surface area (Å²) in [5, 5.41) is 19.0. The monoisotopic (exact) mass is 433 g/mol. The van der Waals surface area contributed by atoms with E-state index in [1.807, 2.05) is 11.0 Å². The number of aliphatic hydroxyl groups is 1. The molecule has 29 heavy (non-hydrogen) atoms. The van der Waals surface area contributed by atoms with Crippen molar-refractivity contribution in [2.75, 3.05) is 39.3 Å². The molecule has 11 heteroatoms. The number of hydrogen-bond acceptors (Lipinski definition) is 6. The van der Waals surface area contributed by atoms with E-state index in [0.717, 1.165) is 0 Å². The molecule has 2 aliphatic heterocycles. The summed E-state index contributed by atoms with van der Waals surface area (Å²) in [4.78, 5) is 1.95. The van der Waals surface area contributed by atoms with E-state index >= 15 is 0 Å². The molecule has 0 radical (unpaired) electrons. The molecule has 2 fully saturated rings. The maximum Gasteiger partial charge on any atom is 0.511 e. The minimum atomic E-state index is -5.30. The number of likely N-dealkylation sites (tertiary alicyclic amines) is 1. The number of nitrogens with zero attached hydrogens (tertiary/aromatic N) is 3. The molecule has 3 rings (SSSR count). The molecule has 7 nitrogen and oxygen atoms in total. The SMILES string of the molecule is N#Cc1ccc(OCC(O)CN2CC3CC(C2)CN(S(=O)(=O)C(F)(F)F)C3)cc1. The van der Waals surface area contributed by atoms with Gasteiger partial charge in [0, 0.05) is 32.7 Å². The van der Waals surface area contributed by atoms with Crippen LogP contribution >= 0.6 is 0 Å². The fraction of sp³-hybridized carbons (Fsp3) is 0.611. The Morgan fingerprint density at radius 3 is 2.28 bits per heavy atom. The van der Waals surface area contributed by atoms with Gasteiger partial charge in [-0.05, 0) is 42.5 Å². The maximum atomic E-state index is 12.8. The zero-order chi connectivity index (χ0) is 21.2. The van der Waals surface area contributed by atoms with Crippen LogP contribution < -0.4 is 4.74 Å². The first kappa shape index (κ1) is 21.8. The number of ether oxygens (including phenoxy) is 1. The van der Waals surface area contributed by atoms with Crippen LogP contribution in [0.5, 0.6) is 5.75 Å². The molecule has 1 aromatic carbocycles. The lowest BCUT2D eigenvalue weighted by Crippen LogP contribution is -2.57. The third-order valence-corrected chi connectivity index (χ3v) is 6.71. The van der Waals surface area contributed by atoms with E-state index in [9.17, 15) is 26.7 Å². The topological polar surface area (TPSA) is 93.9 Å². The van der Waals surface area contributed by atoms with Gasteiger partial charge in [0.25, 0.3) is 0 Å². The van der Waals surface area contributed by atoms with Crippen molar-refractivity contribution in [1.29, 1.82) is 5.26 Å². The molecular weight excluding hydrogens is 411 g/mol. The van der Waals surface area contributed by atoms with Crippen molar-refractivity contribution in [3.8, 4) is 11.8 Å². The fourth-order valence-electron chi connectivity index (χ4n) is 4.00. The summed E-state index contributed by atoms with van der Waals surface area (Å²) in [5.41, 5.74) is -4.78. The summed E-state index contributed by atoms with van der Waals surface area (Å²) < 4.78 is 67.8. The summed E-state index contributed by atoms with van der Waals surface area (Å²) in [7, 11) is -5.30. The summed E-state index contributed by atoms with van der Waals surface area (Å²) in [6, 6.07) is 8.47. The number of nitriles is 1. The number of piperidine rings is 2. The first-order valence-corrected chi connectivity index (χ1v) is 10.6. The molecule has 1 aromatic rings. The van der Waals surface area contributed by atoms with Crippen molar-refractivity contribution in [2.24, 2.45) is 11.8 Å². The second-order valence-electron chi connectivity index (χ2n) is 7.56. The highest BCUT2D eigenvalue weighted by atomic mass is 32.2. The molecule has 160 valence electrons. The van der Waals surface area contributed by atoms with Gasteiger partial charge in [0.2, 0.25) is 0 Å². The normalized spacial score (nSPS) is 24.7. The van der Waals surface area contributed by atoms with Gasteiger partial charge in [-0.15, -0.1) is 0 Å². The first-order chi connectivity index (χ1) is 13.6. The van der Waals surface area contributed by atoms with Crippen molar-refractivity contribution in [3.63, 3.8) is 0 Å². The second kappa shape index (κ2) is 8.47. The Kier molecular flexibility index (Phi) is 6.38. The van der Waals surface area contributed by atoms with E-state index < -0.39 is 21.6 Å². The minimum absolute atomic E-state index is 0.0340. The number of sulfonamides is 1. The summed E-state index contributed by atoms with van der Waals surface area (Å²) >= 11 is 0. The van der Waals surface area contributed by atoms with E-state index in [4.69, 9.17) is 10.00 Å². The second-order valence-corrected chi connectivity index (χ2v) is 9.48. The Bertz CT molecular complexity index is 841. The molecule has 0 aromatic heterocycles. The van der Waals surface area contributed by atoms with Gasteiger partial charge in [0.15, 0.2) is 0 Å². The molecule has 3 atom stereocenters. The highest BCUT2D eigenvalue weighted by Crippen LogP contribution is 2.35. The van der Waals surface area contributed by atoms with E-state index in [1.165, 1.54) is 0 Å². The summed E-state index contributed by atoms with van der Waals surface area (Å²) in [6.07, 6.45) is -0.127. The molecule has 3 unspecified atom stereocenters. The lowest BCUT2D eigenvalue weighted by molar-refractivity contribution is -0.0529. The van der Waals surface area contributed by atoms with Crippen LogP contribution in [0.4, 0.5) is 13.2 Å². The van der Waals surface area contributed by atoms with Crippen LogP contribution in [-0.4, -0.2) is 73.7 Å². The van der Waals surface area contributed by atoms with Crippen LogP contribution in [0, 0.1) is 23.2 Å². The van der Waals surface area contributed by atoms with E-state index in [0.29, 0.717) is 35.1 Å². The lowest BCUT2D eigenvalue weighted by atomic mass is 9.85. The maximum absolute atomic E-state index is 12.8. The van der Waals surface area contributed by atoms with Gasteiger partial charge in [0.1, 0.15) is 18.5 Å². The molecule has 1 N–H and O–H groups in total. The Hall–Kier alpha value is -1.87. The number of benzene rings is 1. The summed E-state index contributed by atoms with van der Waals surface area (Å²) in [5.74, 6) is 0.115. The van der Waals surface area contributed by atoms with E-state index in [2.05, 4.69) is 0 Å². The van der Waals surface area contributed by atoms with Gasteiger partial charge >= 0.3 is 15.5 Å². The number of aliphatic hydroxyl groups excluding tert-OH is 1.